The molecule has 17 heteroatoms. The second kappa shape index (κ2) is 19.9. The van der Waals surface area contributed by atoms with Gasteiger partial charge in [-0.1, -0.05) is 121 Å². The fraction of sp³-hybridized carbons (Fsp3) is 0.0270. The first-order chi connectivity index (χ1) is 45.2. The van der Waals surface area contributed by atoms with Gasteiger partial charge in [0.15, 0.2) is 27.9 Å². The van der Waals surface area contributed by atoms with Crippen molar-refractivity contribution < 1.29 is 48.6 Å². The van der Waals surface area contributed by atoms with Crippen LogP contribution in [-0.2, 0) is 6.42 Å². The highest BCUT2D eigenvalue weighted by Gasteiger charge is 2.42. The summed E-state index contributed by atoms with van der Waals surface area (Å²) in [6, 6.07) is 68.8. The highest BCUT2D eigenvalue weighted by Crippen LogP contribution is 2.60. The first-order valence-electron chi connectivity index (χ1n) is 29.6. The largest absolute Gasteiger partial charge is 0.458 e. The number of rotatable bonds is 6. The van der Waals surface area contributed by atoms with Gasteiger partial charge in [-0.05, 0) is 116 Å². The molecule has 0 fully saturated rings. The summed E-state index contributed by atoms with van der Waals surface area (Å²) in [5.41, 5.74) is 8.03. The zero-order valence-corrected chi connectivity index (χ0v) is 47.8. The van der Waals surface area contributed by atoms with Crippen molar-refractivity contribution in [1.82, 2.24) is 0 Å². The molecule has 17 aromatic rings. The van der Waals surface area contributed by atoms with Gasteiger partial charge in [-0.3, -0.25) is 0 Å². The summed E-state index contributed by atoms with van der Waals surface area (Å²) in [4.78, 5) is 11.6. The number of para-hydroxylation sites is 6. The average molecular weight is 1200 g/mol. The molecule has 1 aliphatic carbocycles. The maximum atomic E-state index is 7.62. The molecule has 1 aliphatic heterocycles. The Kier molecular flexibility index (Phi) is 11.0. The van der Waals surface area contributed by atoms with Gasteiger partial charge < -0.3 is 48.6 Å². The Hall–Kier alpha value is -12.8. The maximum Gasteiger partial charge on any atom is 0.253 e. The van der Waals surface area contributed by atoms with Gasteiger partial charge in [0.2, 0.25) is 41.2 Å². The van der Waals surface area contributed by atoms with Crippen molar-refractivity contribution in [3.8, 4) is 0 Å². The van der Waals surface area contributed by atoms with E-state index in [2.05, 4.69) is 12.2 Å². The highest BCUT2D eigenvalue weighted by atomic mass is 16.4. The lowest BCUT2D eigenvalue weighted by atomic mass is 10.00. The quantitative estimate of drug-likeness (QED) is 0.154. The van der Waals surface area contributed by atoms with Crippen LogP contribution in [0.3, 0.4) is 0 Å². The lowest BCUT2D eigenvalue weighted by molar-refractivity contribution is 0.507. The van der Waals surface area contributed by atoms with Gasteiger partial charge in [-0.15, -0.1) is 0 Å². The Morgan fingerprint density at radius 2 is 0.462 bits per heavy atom. The van der Waals surface area contributed by atoms with Gasteiger partial charge in [-0.25, -0.2) is 29.4 Å². The lowest BCUT2D eigenvalue weighted by Gasteiger charge is -2.24. The van der Waals surface area contributed by atoms with E-state index in [0.29, 0.717) is 137 Å². The van der Waals surface area contributed by atoms with E-state index in [1.54, 1.807) is 31.3 Å². The van der Waals surface area contributed by atoms with Gasteiger partial charge in [0.25, 0.3) is 29.4 Å². The maximum absolute atomic E-state index is 7.62. The molecular formula is C74H46N6O11. The van der Waals surface area contributed by atoms with E-state index in [-0.39, 0.29) is 17.7 Å². The Balaban J connectivity index is 0.950. The second-order valence-electron chi connectivity index (χ2n) is 22.0. The van der Waals surface area contributed by atoms with Crippen LogP contribution >= 0.6 is 0 Å². The van der Waals surface area contributed by atoms with Crippen molar-refractivity contribution in [3.05, 3.63) is 261 Å². The monoisotopic (exact) mass is 1190 g/mol. The van der Waals surface area contributed by atoms with Crippen LogP contribution in [0.2, 0.25) is 0 Å². The number of hydrogen-bond acceptors (Lipinski definition) is 17. The number of furan rings is 11. The molecule has 12 bridgehead atoms. The fourth-order valence-corrected chi connectivity index (χ4v) is 12.8. The van der Waals surface area contributed by atoms with E-state index in [1.165, 1.54) is 0 Å². The molecular weight excluding hydrogens is 1150 g/mol. The van der Waals surface area contributed by atoms with Gasteiger partial charge >= 0.3 is 0 Å². The molecule has 17 nitrogen and oxygen atoms in total. The molecule has 0 spiro atoms. The van der Waals surface area contributed by atoms with Crippen LogP contribution < -0.4 is 29.4 Å². The molecule has 2 aliphatic rings. The van der Waals surface area contributed by atoms with Crippen molar-refractivity contribution in [1.29, 1.82) is 0 Å². The molecule has 91 heavy (non-hydrogen) atoms. The third-order valence-electron chi connectivity index (χ3n) is 16.8. The molecule has 0 unspecified atom stereocenters. The Bertz CT molecular complexity index is 5540. The van der Waals surface area contributed by atoms with Crippen LogP contribution in [0.4, 0.5) is 105 Å². The van der Waals surface area contributed by atoms with E-state index in [9.17, 15) is 0 Å². The Morgan fingerprint density at radius 1 is 0.231 bits per heavy atom. The molecule has 19 rings (SSSR count). The molecule has 0 saturated carbocycles. The number of hydrogen-bond donors (Lipinski definition) is 0. The first kappa shape index (κ1) is 50.4. The van der Waals surface area contributed by atoms with E-state index < -0.39 is 0 Å². The summed E-state index contributed by atoms with van der Waals surface area (Å²) in [5, 5.41) is 3.10. The van der Waals surface area contributed by atoms with Crippen LogP contribution in [0.25, 0.3) is 60.9 Å². The molecule has 0 atom stereocenters. The number of anilines is 18. The van der Waals surface area contributed by atoms with Gasteiger partial charge in [0, 0.05) is 11.1 Å². The SMILES string of the molecule is C1=Cc2c3oc(c2CC1)N(c1ccccc1)c1oc(c2occc12)N(c1ccccc1)c1oc(c2occc12)N(c1ccccc1)c1oc(c2occc12)N(c1ccccc1)c1oc(c2occc12)N(c1ccccc1)c1oc(c2occc12)N3c1ccccc1. The lowest BCUT2D eigenvalue weighted by Crippen LogP contribution is -2.12. The molecule has 0 radical (unpaired) electrons. The number of benzene rings is 6. The van der Waals surface area contributed by atoms with Crippen LogP contribution in [-0.4, -0.2) is 0 Å². The third kappa shape index (κ3) is 7.58. The highest BCUT2D eigenvalue weighted by molar-refractivity contribution is 6.11. The summed E-state index contributed by atoms with van der Waals surface area (Å²) < 4.78 is 77.9. The minimum absolute atomic E-state index is 0.275. The average Bonchev–Trinajstić information content (AvgIpc) is 1.75. The molecule has 12 heterocycles. The Morgan fingerprint density at radius 3 is 0.725 bits per heavy atom. The van der Waals surface area contributed by atoms with Crippen molar-refractivity contribution in [2.45, 2.75) is 12.8 Å². The zero-order chi connectivity index (χ0) is 59.7. The van der Waals surface area contributed by atoms with E-state index >= 15 is 0 Å². The smallest absolute Gasteiger partial charge is 0.253 e. The van der Waals surface area contributed by atoms with Crippen LogP contribution in [0.15, 0.2) is 298 Å². The van der Waals surface area contributed by atoms with Crippen molar-refractivity contribution >= 4 is 166 Å². The molecule has 0 saturated heterocycles. The normalized spacial score (nSPS) is 13.7. The van der Waals surface area contributed by atoms with Gasteiger partial charge in [0.05, 0.1) is 92.4 Å². The summed E-state index contributed by atoms with van der Waals surface area (Å²) in [5.74, 6) is 4.22. The van der Waals surface area contributed by atoms with Crippen LogP contribution in [0.1, 0.15) is 17.5 Å². The summed E-state index contributed by atoms with van der Waals surface area (Å²) in [7, 11) is 0. The standard InChI is InChI=1S/C74H46N6O11/c1-7-21-45(22-8-1)75-63-51-33-19-20-34-52(51)64(86-63)76(46-23-9-2-10-24-46)70-59-54(36-41-82-59)66(88-70)78(48-27-13-4-14-28-48)72-61-56(38-43-84-61)68(90-72)80(50-31-17-6-18-32-50)74-62-57(39-44-85-62)69(91-74)79(49-29-15-5-16-30-49)73-60-55(37-42-83-60)67(89-73)77(47-25-11-3-12-26-47)71-58-53(35-40-81-58)65(75)87-71/h1-18,20-32,34-44H,19,33H2. The van der Waals surface area contributed by atoms with E-state index in [0.717, 1.165) is 28.9 Å². The van der Waals surface area contributed by atoms with Crippen molar-refractivity contribution in [2.75, 3.05) is 29.4 Å². The van der Waals surface area contributed by atoms with E-state index in [4.69, 9.17) is 48.6 Å². The van der Waals surface area contributed by atoms with Crippen LogP contribution in [0.5, 0.6) is 0 Å². The van der Waals surface area contributed by atoms with Gasteiger partial charge in [-0.2, -0.15) is 0 Å². The van der Waals surface area contributed by atoms with Crippen molar-refractivity contribution in [3.63, 3.8) is 0 Å². The minimum atomic E-state index is 0.275. The second-order valence-corrected chi connectivity index (χ2v) is 22.0. The van der Waals surface area contributed by atoms with E-state index in [1.807, 2.05) is 242 Å². The molecule has 0 N–H and O–H groups in total. The first-order valence-corrected chi connectivity index (χ1v) is 29.6. The molecule has 438 valence electrons. The van der Waals surface area contributed by atoms with Crippen LogP contribution in [0, 0.1) is 0 Å². The Labute approximate surface area is 515 Å². The molecule has 11 aromatic heterocycles. The predicted molar refractivity (Wildman–Crippen MR) is 348 cm³/mol. The summed E-state index contributed by atoms with van der Waals surface area (Å²) in [6.45, 7) is 0. The zero-order valence-electron chi connectivity index (χ0n) is 47.8. The molecule has 6 aromatic carbocycles. The molecule has 0 amide bonds. The minimum Gasteiger partial charge on any atom is -0.458 e. The summed E-state index contributed by atoms with van der Waals surface area (Å²) in [6.07, 6.45) is 13.9. The van der Waals surface area contributed by atoms with Gasteiger partial charge in [0.1, 0.15) is 0 Å². The number of nitrogens with zero attached hydrogens (tertiary/aromatic N) is 6. The fourth-order valence-electron chi connectivity index (χ4n) is 12.8. The predicted octanol–water partition coefficient (Wildman–Crippen LogP) is 23.1. The third-order valence-corrected chi connectivity index (χ3v) is 16.8. The topological polar surface area (TPSA) is 164 Å². The number of allylic oxidation sites excluding steroid dienone is 1. The van der Waals surface area contributed by atoms with Crippen molar-refractivity contribution in [2.24, 2.45) is 0 Å². The summed E-state index contributed by atoms with van der Waals surface area (Å²) >= 11 is 0.